The van der Waals surface area contributed by atoms with Crippen LogP contribution in [-0.2, 0) is 0 Å². The molecule has 0 bridgehead atoms. The normalized spacial score (nSPS) is 12.5. The van der Waals surface area contributed by atoms with Gasteiger partial charge in [-0.2, -0.15) is 0 Å². The van der Waals surface area contributed by atoms with Gasteiger partial charge in [0.1, 0.15) is 12.4 Å². The van der Waals surface area contributed by atoms with Crippen LogP contribution in [0.1, 0.15) is 238 Å². The molecular weight excluding hydrogens is 496 g/mol. The van der Waals surface area contributed by atoms with Crippen LogP contribution in [0.15, 0.2) is 12.4 Å². The molecule has 2 heteroatoms. The van der Waals surface area contributed by atoms with Gasteiger partial charge in [-0.3, -0.25) is 0 Å². The van der Waals surface area contributed by atoms with E-state index in [-0.39, 0.29) is 0 Å². The third-order valence-electron chi connectivity index (χ3n) is 9.64. The molecule has 1 aromatic heterocycles. The summed E-state index contributed by atoms with van der Waals surface area (Å²) in [6.45, 7) is 9.38. The average Bonchev–Trinajstić information content (AvgIpc) is 3.47. The van der Waals surface area contributed by atoms with E-state index in [1.807, 2.05) is 0 Å². The van der Waals surface area contributed by atoms with Crippen LogP contribution in [-0.4, -0.2) is 4.98 Å². The molecule has 0 saturated carbocycles. The van der Waals surface area contributed by atoms with Crippen molar-refractivity contribution in [1.82, 2.24) is 4.98 Å². The minimum atomic E-state index is 0.620. The summed E-state index contributed by atoms with van der Waals surface area (Å²) in [7, 11) is 0. The first-order valence-corrected chi connectivity index (χ1v) is 19.3. The van der Waals surface area contributed by atoms with Gasteiger partial charge in [-0.15, -0.1) is 0 Å². The third-order valence-corrected chi connectivity index (χ3v) is 9.64. The van der Waals surface area contributed by atoms with Crippen molar-refractivity contribution in [3.63, 3.8) is 0 Å². The van der Waals surface area contributed by atoms with Gasteiger partial charge in [0, 0.05) is 0 Å². The van der Waals surface area contributed by atoms with E-state index < -0.39 is 0 Å². The van der Waals surface area contributed by atoms with Crippen LogP contribution in [0.3, 0.4) is 0 Å². The fraction of sp³-hybridized carbons (Fsp3) is 0.923. The zero-order chi connectivity index (χ0) is 29.6. The zero-order valence-corrected chi connectivity index (χ0v) is 29.0. The van der Waals surface area contributed by atoms with Crippen LogP contribution in [0.25, 0.3) is 0 Å². The maximum Gasteiger partial charge on any atom is 0.257 e. The van der Waals surface area contributed by atoms with E-state index in [9.17, 15) is 0 Å². The van der Waals surface area contributed by atoms with Crippen LogP contribution >= 0.6 is 0 Å². The number of rotatable bonds is 32. The summed E-state index contributed by atoms with van der Waals surface area (Å²) in [5.74, 6) is 2.24. The maximum atomic E-state index is 3.73. The Labute approximate surface area is 259 Å². The number of hydrogen-bond acceptors (Lipinski definition) is 0. The first-order valence-electron chi connectivity index (χ1n) is 19.3. The highest BCUT2D eigenvalue weighted by Gasteiger charge is 2.25. The van der Waals surface area contributed by atoms with Crippen molar-refractivity contribution in [2.45, 2.75) is 232 Å². The van der Waals surface area contributed by atoms with Gasteiger partial charge in [0.05, 0.1) is 12.0 Å². The minimum Gasteiger partial charge on any atom is -0.247 e. The van der Waals surface area contributed by atoms with Gasteiger partial charge in [-0.05, 0) is 32.6 Å². The van der Waals surface area contributed by atoms with Crippen LogP contribution in [0.5, 0.6) is 0 Å². The van der Waals surface area contributed by atoms with E-state index >= 15 is 0 Å². The smallest absolute Gasteiger partial charge is 0.247 e. The lowest BCUT2D eigenvalue weighted by molar-refractivity contribution is -0.727. The number of imidazole rings is 1. The van der Waals surface area contributed by atoms with Crippen LogP contribution < -0.4 is 4.57 Å². The van der Waals surface area contributed by atoms with Gasteiger partial charge < -0.3 is 0 Å². The van der Waals surface area contributed by atoms with E-state index in [1.165, 1.54) is 198 Å². The predicted molar refractivity (Wildman–Crippen MR) is 184 cm³/mol. The summed E-state index contributed by atoms with van der Waals surface area (Å²) < 4.78 is 2.61. The summed E-state index contributed by atoms with van der Waals surface area (Å²) >= 11 is 0. The van der Waals surface area contributed by atoms with Crippen LogP contribution in [0.2, 0.25) is 0 Å². The van der Waals surface area contributed by atoms with E-state index in [2.05, 4.69) is 49.6 Å². The van der Waals surface area contributed by atoms with Crippen molar-refractivity contribution in [3.8, 4) is 0 Å². The minimum absolute atomic E-state index is 0.620. The van der Waals surface area contributed by atoms with Gasteiger partial charge in [0.25, 0.3) is 5.82 Å². The molecule has 1 N–H and O–H groups in total. The molecular formula is C39H77N2+. The molecule has 0 aromatic carbocycles. The molecule has 41 heavy (non-hydrogen) atoms. The molecule has 0 radical (unpaired) electrons. The molecule has 0 aliphatic rings. The van der Waals surface area contributed by atoms with Gasteiger partial charge in [0.15, 0.2) is 0 Å². The number of H-pyrrole nitrogens is 1. The second-order valence-corrected chi connectivity index (χ2v) is 13.6. The van der Waals surface area contributed by atoms with Gasteiger partial charge >= 0.3 is 0 Å². The predicted octanol–water partition coefficient (Wildman–Crippen LogP) is 13.7. The molecule has 242 valence electrons. The highest BCUT2D eigenvalue weighted by molar-refractivity contribution is 4.90. The zero-order valence-electron chi connectivity index (χ0n) is 29.0. The molecule has 1 heterocycles. The molecule has 2 nitrogen and oxygen atoms in total. The third kappa shape index (κ3) is 21.5. The Hall–Kier alpha value is -0.790. The Kier molecular flexibility index (Phi) is 27.3. The van der Waals surface area contributed by atoms with E-state index in [0.29, 0.717) is 12.0 Å². The Morgan fingerprint density at radius 1 is 0.463 bits per heavy atom. The molecule has 0 aliphatic heterocycles. The van der Waals surface area contributed by atoms with Crippen molar-refractivity contribution in [2.24, 2.45) is 0 Å². The Morgan fingerprint density at radius 2 is 0.780 bits per heavy atom. The lowest BCUT2D eigenvalue weighted by Crippen LogP contribution is -2.41. The molecule has 0 saturated heterocycles. The molecule has 1 unspecified atom stereocenters. The van der Waals surface area contributed by atoms with Crippen molar-refractivity contribution in [2.75, 3.05) is 0 Å². The monoisotopic (exact) mass is 574 g/mol. The fourth-order valence-corrected chi connectivity index (χ4v) is 6.78. The summed E-state index contributed by atoms with van der Waals surface area (Å²) in [6, 6.07) is 0.620. The van der Waals surface area contributed by atoms with Crippen LogP contribution in [0.4, 0.5) is 0 Å². The molecule has 1 aromatic rings. The van der Waals surface area contributed by atoms with Crippen molar-refractivity contribution < 1.29 is 4.57 Å². The van der Waals surface area contributed by atoms with Gasteiger partial charge in [-0.1, -0.05) is 188 Å². The number of aromatic amines is 1. The molecule has 0 amide bonds. The number of hydrogen-bond donors (Lipinski definition) is 1. The van der Waals surface area contributed by atoms with Crippen molar-refractivity contribution in [1.29, 1.82) is 0 Å². The molecule has 1 rings (SSSR count). The van der Waals surface area contributed by atoms with E-state index in [0.717, 1.165) is 0 Å². The number of nitrogens with zero attached hydrogens (tertiary/aromatic N) is 1. The molecule has 0 fully saturated rings. The average molecular weight is 574 g/mol. The Bertz CT molecular complexity index is 607. The SMILES string of the molecule is CCCCCCCCCCCCCCC(CCCCCCCCCCCCCC)c1[nH]cc[n+]1C(C)CCCCC. The van der Waals surface area contributed by atoms with Crippen molar-refractivity contribution >= 4 is 0 Å². The van der Waals surface area contributed by atoms with E-state index in [4.69, 9.17) is 0 Å². The summed E-state index contributed by atoms with van der Waals surface area (Å²) in [5.41, 5.74) is 0. The summed E-state index contributed by atoms with van der Waals surface area (Å²) in [6.07, 6.45) is 47.2. The first kappa shape index (κ1) is 38.2. The fourth-order valence-electron chi connectivity index (χ4n) is 6.78. The summed E-state index contributed by atoms with van der Waals surface area (Å²) in [4.78, 5) is 3.73. The van der Waals surface area contributed by atoms with Gasteiger partial charge in [0.2, 0.25) is 0 Å². The standard InChI is InChI=1S/C39H76N2/c1-5-8-11-13-15-17-19-21-23-25-27-30-33-38(39-40-35-36-41(39)37(4)32-29-10-7-3)34-31-28-26-24-22-20-18-16-14-12-9-6-2/h35-38H,5-34H2,1-4H3/p+1. The quantitative estimate of drug-likeness (QED) is 0.0653. The lowest BCUT2D eigenvalue weighted by atomic mass is 9.92. The second kappa shape index (κ2) is 29.3. The van der Waals surface area contributed by atoms with Gasteiger partial charge in [-0.25, -0.2) is 9.55 Å². The molecule has 0 aliphatic carbocycles. The number of aromatic nitrogens is 2. The highest BCUT2D eigenvalue weighted by Crippen LogP contribution is 2.27. The number of unbranched alkanes of at least 4 members (excludes halogenated alkanes) is 24. The largest absolute Gasteiger partial charge is 0.257 e. The van der Waals surface area contributed by atoms with Crippen molar-refractivity contribution in [3.05, 3.63) is 18.2 Å². The second-order valence-electron chi connectivity index (χ2n) is 13.6. The molecule has 0 spiro atoms. The topological polar surface area (TPSA) is 19.7 Å². The molecule has 1 atom stereocenters. The Morgan fingerprint density at radius 3 is 1.17 bits per heavy atom. The highest BCUT2D eigenvalue weighted by atomic mass is 15.1. The van der Waals surface area contributed by atoms with E-state index in [1.54, 1.807) is 0 Å². The lowest BCUT2D eigenvalue weighted by Gasteiger charge is -2.17. The van der Waals surface area contributed by atoms with Crippen LogP contribution in [0, 0.1) is 0 Å². The number of nitrogens with one attached hydrogen (secondary N) is 1. The summed E-state index contributed by atoms with van der Waals surface area (Å²) in [5, 5.41) is 0. The maximum absolute atomic E-state index is 3.73. The Balaban J connectivity index is 2.35. The first-order chi connectivity index (χ1) is 20.2.